The smallest absolute Gasteiger partial charge is 0.358 e. The molecule has 0 saturated heterocycles. The van der Waals surface area contributed by atoms with Crippen molar-refractivity contribution in [1.29, 1.82) is 0 Å². The van der Waals surface area contributed by atoms with Crippen LogP contribution in [0.15, 0.2) is 0 Å². The van der Waals surface area contributed by atoms with Gasteiger partial charge >= 0.3 is 196 Å². The van der Waals surface area contributed by atoms with Gasteiger partial charge in [0.2, 0.25) is 0 Å². The zero-order valence-corrected chi connectivity index (χ0v) is 100. The molecule has 0 atom stereocenters. The van der Waals surface area contributed by atoms with E-state index in [0.717, 1.165) is 6.71 Å². The van der Waals surface area contributed by atoms with Crippen LogP contribution in [0.3, 0.4) is 0 Å². The maximum atomic E-state index is 2.17. The first-order valence-corrected chi connectivity index (χ1v) is 4.42. The van der Waals surface area contributed by atoms with Crippen LogP contribution in [0.2, 0.25) is 20.5 Å². The minimum absolute atomic E-state index is 0. The number of rotatable bonds is 0. The summed E-state index contributed by atoms with van der Waals surface area (Å²) in [5.74, 6) is 0. The summed E-state index contributed by atoms with van der Waals surface area (Å²) in [5, 5.41) is 0. The van der Waals surface area contributed by atoms with Gasteiger partial charge in [0.25, 0.3) is 0 Å². The largest absolute Gasteiger partial charge is 3.00 e. The standard InChI is InChI=1S/C3H9B.2C3H9N.16CH4.18CH3.21Y/c3*1-4(2)3;;;;;;;;;;;;;;;;;;;;;;;;;;;;;;;;;;;;;;;;;;;;;;;;;;;;;;;/h3*1-3H3;16*1H4;18*1H3;;;;;;;;;;;;;;;;;;;;;/q;;;;;;;;;;;;;;;;;;;18*-1;;;;;;;;;;;;;;;;6*+3. The van der Waals surface area contributed by atoms with Gasteiger partial charge in [-0.05, 0) is 42.3 Å². The Morgan fingerprint density at radius 1 is 0.164 bits per heavy atom. The molecule has 0 N–H and O–H groups in total. The van der Waals surface area contributed by atoms with Crippen molar-refractivity contribution < 1.29 is 687 Å². The fraction of sp³-hybridized carbons (Fsp3) is 0.581. The Balaban J connectivity index is -0.000000000230. The zero-order chi connectivity index (χ0) is 10.7. The molecule has 0 rings (SSSR count). The SMILES string of the molecule is C.C.C.C.C.C.C.C.C.C.C.C.C.C.C.C.CB(C)C.CN(C)C.CN(C)C.[CH3-].[CH3-].[CH3-].[CH3-].[CH3-].[CH3-].[CH3-].[CH3-].[CH3-].[CH3-].[CH3-].[CH3-].[CH3-].[CH3-].[CH3-].[CH3-].[CH3-].[CH3-].[Y+3].[Y+3].[Y+3].[Y+3].[Y+3].[Y+3].[Y].[Y].[Y].[Y].[Y].[Y].[Y].[Y].[Y].[Y].[Y].[Y].[Y].[Y].[Y]. The third-order valence-electron chi connectivity index (χ3n) is 0. The summed E-state index contributed by atoms with van der Waals surface area (Å²) < 4.78 is 0. The Labute approximate surface area is 990 Å². The summed E-state index contributed by atoms with van der Waals surface area (Å²) in [6.45, 7) is 7.33. The summed E-state index contributed by atoms with van der Waals surface area (Å²) in [6, 6.07) is 0. The molecule has 0 aliphatic carbocycles. The van der Waals surface area contributed by atoms with E-state index in [-0.39, 0.29) is 939 Å². The van der Waals surface area contributed by atoms with E-state index in [0.29, 0.717) is 0 Å². The van der Waals surface area contributed by atoms with E-state index >= 15 is 0 Å². The molecule has 0 aliphatic heterocycles. The van der Waals surface area contributed by atoms with E-state index in [2.05, 4.69) is 20.5 Å². The van der Waals surface area contributed by atoms with Crippen LogP contribution in [0, 0.1) is 134 Å². The molecule has 0 aromatic rings. The third kappa shape index (κ3) is 1260. The second kappa shape index (κ2) is 670. The van der Waals surface area contributed by atoms with Crippen molar-refractivity contribution >= 4 is 6.71 Å². The Kier molecular flexibility index (Phi) is 6930. The van der Waals surface area contributed by atoms with E-state index in [9.17, 15) is 0 Å². The Morgan fingerprint density at radius 3 is 0.164 bits per heavy atom. The molecule has 0 heterocycles. The number of hydrogen-bond donors (Lipinski definition) is 0. The van der Waals surface area contributed by atoms with Crippen LogP contribution in [-0.4, -0.2) is 58.8 Å². The van der Waals surface area contributed by atoms with E-state index in [1.807, 2.05) is 52.1 Å². The summed E-state index contributed by atoms with van der Waals surface area (Å²) >= 11 is 0. The van der Waals surface area contributed by atoms with Crippen LogP contribution in [0.25, 0.3) is 0 Å². The van der Waals surface area contributed by atoms with E-state index in [4.69, 9.17) is 0 Å². The Bertz CT molecular complexity index is 107. The molecule has 0 bridgehead atoms. The van der Waals surface area contributed by atoms with Crippen LogP contribution >= 0.6 is 0 Å². The second-order valence-electron chi connectivity index (χ2n) is 4.42. The molecule has 0 aromatic heterocycles. The van der Waals surface area contributed by atoms with Crippen molar-refractivity contribution in [3.05, 3.63) is 134 Å². The van der Waals surface area contributed by atoms with Crippen molar-refractivity contribution in [3.63, 3.8) is 0 Å². The van der Waals surface area contributed by atoms with E-state index < -0.39 is 0 Å². The fourth-order valence-corrected chi connectivity index (χ4v) is 0. The van der Waals surface area contributed by atoms with E-state index in [1.54, 1.807) is 0 Å². The molecule has 0 saturated carbocycles. The average molecular weight is 2570 g/mol. The predicted molar refractivity (Wildman–Crippen MR) is 286 cm³/mol. The van der Waals surface area contributed by atoms with Crippen LogP contribution in [0.4, 0.5) is 0 Å². The molecule has 15 radical (unpaired) electrons. The molecule has 0 spiro atoms. The molecule has 393 valence electrons. The zero-order valence-electron chi connectivity index (χ0n) is 40.6. The van der Waals surface area contributed by atoms with Crippen LogP contribution in [0.5, 0.6) is 0 Å². The van der Waals surface area contributed by atoms with Crippen LogP contribution in [-0.2, 0) is 687 Å². The molecule has 0 unspecified atom stereocenters. The van der Waals surface area contributed by atoms with Gasteiger partial charge in [0.05, 0.1) is 0 Å². The van der Waals surface area contributed by atoms with Crippen molar-refractivity contribution in [1.82, 2.24) is 9.80 Å². The van der Waals surface area contributed by atoms with Crippen LogP contribution < -0.4 is 0 Å². The van der Waals surface area contributed by atoms with Crippen molar-refractivity contribution in [2.45, 2.75) is 139 Å². The molecule has 0 fully saturated rings. The first kappa shape index (κ1) is 693. The molecule has 2 nitrogen and oxygen atoms in total. The maximum absolute atomic E-state index is 2.17. The van der Waals surface area contributed by atoms with E-state index in [1.165, 1.54) is 0 Å². The van der Waals surface area contributed by atoms with Crippen LogP contribution in [0.1, 0.15) is 119 Å². The van der Waals surface area contributed by atoms with Gasteiger partial charge in [-0.3, -0.25) is 0 Å². The quantitative estimate of drug-likeness (QED) is 0.176. The summed E-state index contributed by atoms with van der Waals surface area (Å²) in [6.07, 6.45) is 0. The van der Waals surface area contributed by atoms with Crippen molar-refractivity contribution in [2.24, 2.45) is 0 Å². The minimum atomic E-state index is 0. The average Bonchev–Trinajstić information content (AvgIpc) is 1.54. The van der Waals surface area contributed by atoms with Gasteiger partial charge in [-0.2, -0.15) is 0 Å². The summed E-state index contributed by atoms with van der Waals surface area (Å²) in [7, 11) is 12.0. The first-order chi connectivity index (χ1) is 5.20. The van der Waals surface area contributed by atoms with Gasteiger partial charge in [-0.15, -0.1) is 0 Å². The molecule has 0 aliphatic rings. The summed E-state index contributed by atoms with van der Waals surface area (Å²) in [4.78, 5) is 4.00. The molecule has 0 aromatic carbocycles. The minimum Gasteiger partial charge on any atom is -0.358 e. The molecular formula is C43H145BN2Y21. The third-order valence-corrected chi connectivity index (χ3v) is 0. The van der Waals surface area contributed by atoms with Gasteiger partial charge in [0, 0.05) is 491 Å². The molecular weight excluding hydrogens is 2420 g/mol. The molecule has 67 heavy (non-hydrogen) atoms. The number of hydrogen-bond acceptors (Lipinski definition) is 2. The molecule has 0 amide bonds. The first-order valence-electron chi connectivity index (χ1n) is 4.42. The van der Waals surface area contributed by atoms with Gasteiger partial charge in [-0.25, -0.2) is 0 Å². The normalized spacial score (nSPS) is 1.48. The van der Waals surface area contributed by atoms with Gasteiger partial charge in [-0.1, -0.05) is 139 Å². The second-order valence-corrected chi connectivity index (χ2v) is 4.42. The monoisotopic (exact) mass is 2570 g/mol. The van der Waals surface area contributed by atoms with Gasteiger partial charge < -0.3 is 143 Å². The van der Waals surface area contributed by atoms with Gasteiger partial charge in [0.15, 0.2) is 0 Å². The predicted octanol–water partition coefficient (Wildman–Crippen LogP) is 20.0. The Morgan fingerprint density at radius 2 is 0.164 bits per heavy atom. The molecule has 24 heteroatoms. The van der Waals surface area contributed by atoms with Gasteiger partial charge in [0.1, 0.15) is 6.71 Å². The number of nitrogens with zero attached hydrogens (tertiary/aromatic N) is 2. The Hall–Kier alpha value is 23.2. The fourth-order valence-electron chi connectivity index (χ4n) is 0. The van der Waals surface area contributed by atoms with Crippen molar-refractivity contribution in [2.75, 3.05) is 42.3 Å². The van der Waals surface area contributed by atoms with Crippen molar-refractivity contribution in [3.8, 4) is 0 Å². The maximum Gasteiger partial charge on any atom is 3.00 e. The summed E-state index contributed by atoms with van der Waals surface area (Å²) in [5.41, 5.74) is 0. The topological polar surface area (TPSA) is 6.48 Å².